The van der Waals surface area contributed by atoms with Gasteiger partial charge in [0.1, 0.15) is 5.75 Å². The van der Waals surface area contributed by atoms with Gasteiger partial charge in [-0.15, -0.1) is 0 Å². The van der Waals surface area contributed by atoms with Crippen LogP contribution in [-0.4, -0.2) is 22.8 Å². The van der Waals surface area contributed by atoms with E-state index in [4.69, 9.17) is 10.6 Å². The Morgan fingerprint density at radius 3 is 2.65 bits per heavy atom. The van der Waals surface area contributed by atoms with Gasteiger partial charge in [-0.3, -0.25) is 14.9 Å². The molecule has 102 valence electrons. The number of methoxy groups -OCH3 is 1. The van der Waals surface area contributed by atoms with Crippen LogP contribution in [0, 0.1) is 11.8 Å². The first-order valence-electron chi connectivity index (χ1n) is 5.84. The van der Waals surface area contributed by atoms with E-state index >= 15 is 0 Å². The third kappa shape index (κ3) is 2.96. The van der Waals surface area contributed by atoms with Crippen molar-refractivity contribution in [3.05, 3.63) is 47.3 Å². The highest BCUT2D eigenvalue weighted by atomic mass is 16.5. The Bertz CT molecular complexity index is 677. The number of rotatable bonds is 2. The van der Waals surface area contributed by atoms with Crippen LogP contribution in [0.4, 0.5) is 0 Å². The summed E-state index contributed by atoms with van der Waals surface area (Å²) in [5.41, 5.74) is 3.59. The minimum Gasteiger partial charge on any atom is -0.497 e. The van der Waals surface area contributed by atoms with E-state index in [1.165, 1.54) is 4.68 Å². The van der Waals surface area contributed by atoms with E-state index in [0.29, 0.717) is 5.56 Å². The Balaban J connectivity index is 2.30. The Morgan fingerprint density at radius 1 is 1.35 bits per heavy atom. The van der Waals surface area contributed by atoms with Gasteiger partial charge in [-0.2, -0.15) is 5.10 Å². The lowest BCUT2D eigenvalue weighted by Crippen LogP contribution is -2.31. The normalized spacial score (nSPS) is 9.55. The molecule has 20 heavy (non-hydrogen) atoms. The lowest BCUT2D eigenvalue weighted by molar-refractivity contribution is 0.0947. The molecule has 6 nitrogen and oxygen atoms in total. The number of aromatic nitrogens is 2. The third-order valence-corrected chi connectivity index (χ3v) is 2.61. The van der Waals surface area contributed by atoms with Gasteiger partial charge in [0.25, 0.3) is 5.91 Å². The maximum Gasteiger partial charge on any atom is 0.286 e. The first-order chi connectivity index (χ1) is 9.63. The van der Waals surface area contributed by atoms with E-state index < -0.39 is 5.91 Å². The summed E-state index contributed by atoms with van der Waals surface area (Å²) < 4.78 is 6.59. The standard InChI is InChI=1S/C14H14N4O2/c1-18-9-11(13(17-18)14(19)16-15)6-3-10-4-7-12(20-2)8-5-10/h4-5,7-9H,15H2,1-2H3,(H,16,19). The molecule has 0 bridgehead atoms. The predicted octanol–water partition coefficient (Wildman–Crippen LogP) is 0.432. The van der Waals surface area contributed by atoms with E-state index in [2.05, 4.69) is 16.9 Å². The number of benzene rings is 1. The number of nitrogen functional groups attached to an aromatic ring is 1. The fraction of sp³-hybridized carbons (Fsp3) is 0.143. The summed E-state index contributed by atoms with van der Waals surface area (Å²) >= 11 is 0. The van der Waals surface area contributed by atoms with Crippen LogP contribution in [0.25, 0.3) is 0 Å². The largest absolute Gasteiger partial charge is 0.497 e. The summed E-state index contributed by atoms with van der Waals surface area (Å²) in [6.07, 6.45) is 1.67. The van der Waals surface area contributed by atoms with E-state index in [1.807, 2.05) is 29.7 Å². The van der Waals surface area contributed by atoms with Gasteiger partial charge < -0.3 is 4.74 Å². The first kappa shape index (κ1) is 13.6. The molecule has 0 fully saturated rings. The smallest absolute Gasteiger partial charge is 0.286 e. The van der Waals surface area contributed by atoms with Gasteiger partial charge >= 0.3 is 0 Å². The number of hydrogen-bond acceptors (Lipinski definition) is 4. The quantitative estimate of drug-likeness (QED) is 0.359. The second-order valence-electron chi connectivity index (χ2n) is 4.02. The summed E-state index contributed by atoms with van der Waals surface area (Å²) in [5, 5.41) is 4.02. The number of carbonyl (C=O) groups is 1. The van der Waals surface area contributed by atoms with Crippen molar-refractivity contribution in [2.45, 2.75) is 0 Å². The zero-order valence-corrected chi connectivity index (χ0v) is 11.2. The molecular formula is C14H14N4O2. The topological polar surface area (TPSA) is 82.2 Å². The summed E-state index contributed by atoms with van der Waals surface area (Å²) in [5.74, 6) is 11.3. The van der Waals surface area contributed by atoms with E-state index in [1.54, 1.807) is 20.4 Å². The number of nitrogens with zero attached hydrogens (tertiary/aromatic N) is 2. The molecule has 2 rings (SSSR count). The minimum atomic E-state index is -0.468. The zero-order chi connectivity index (χ0) is 14.5. The Kier molecular flexibility index (Phi) is 4.03. The third-order valence-electron chi connectivity index (χ3n) is 2.61. The van der Waals surface area contributed by atoms with Crippen molar-refractivity contribution in [1.29, 1.82) is 0 Å². The van der Waals surface area contributed by atoms with Crippen molar-refractivity contribution in [3.63, 3.8) is 0 Å². The summed E-state index contributed by atoms with van der Waals surface area (Å²) in [4.78, 5) is 11.5. The van der Waals surface area contributed by atoms with Gasteiger partial charge in [0.15, 0.2) is 5.69 Å². The SMILES string of the molecule is COc1ccc(C#Cc2cn(C)nc2C(=O)NN)cc1. The molecule has 1 aromatic heterocycles. The van der Waals surface area contributed by atoms with Crippen molar-refractivity contribution < 1.29 is 9.53 Å². The van der Waals surface area contributed by atoms with Crippen LogP contribution in [0.3, 0.4) is 0 Å². The highest BCUT2D eigenvalue weighted by Crippen LogP contribution is 2.11. The summed E-state index contributed by atoms with van der Waals surface area (Å²) in [6.45, 7) is 0. The molecule has 0 saturated heterocycles. The van der Waals surface area contributed by atoms with Gasteiger partial charge in [0, 0.05) is 18.8 Å². The second-order valence-corrected chi connectivity index (χ2v) is 4.02. The Labute approximate surface area is 116 Å². The van der Waals surface area contributed by atoms with Crippen molar-refractivity contribution in [3.8, 4) is 17.6 Å². The average Bonchev–Trinajstić information content (AvgIpc) is 2.86. The first-order valence-corrected chi connectivity index (χ1v) is 5.84. The molecule has 2 aromatic rings. The van der Waals surface area contributed by atoms with Crippen LogP contribution < -0.4 is 16.0 Å². The Hall–Kier alpha value is -2.78. The zero-order valence-electron chi connectivity index (χ0n) is 11.2. The molecule has 0 spiro atoms. The molecule has 0 aliphatic carbocycles. The van der Waals surface area contributed by atoms with Gasteiger partial charge in [-0.1, -0.05) is 11.8 Å². The van der Waals surface area contributed by atoms with Crippen molar-refractivity contribution >= 4 is 5.91 Å². The maximum atomic E-state index is 11.5. The number of carbonyl (C=O) groups excluding carboxylic acids is 1. The minimum absolute atomic E-state index is 0.205. The molecule has 0 saturated carbocycles. The second kappa shape index (κ2) is 5.91. The number of nitrogens with two attached hydrogens (primary N) is 1. The number of hydrazine groups is 1. The fourth-order valence-corrected chi connectivity index (χ4v) is 1.63. The molecule has 0 atom stereocenters. The number of hydrogen-bond donors (Lipinski definition) is 2. The van der Waals surface area contributed by atoms with Crippen LogP contribution in [0.5, 0.6) is 5.75 Å². The van der Waals surface area contributed by atoms with Crippen LogP contribution in [0.1, 0.15) is 21.6 Å². The number of amides is 1. The van der Waals surface area contributed by atoms with Crippen LogP contribution in [0.15, 0.2) is 30.5 Å². The van der Waals surface area contributed by atoms with Crippen LogP contribution >= 0.6 is 0 Å². The molecule has 1 amide bonds. The fourth-order valence-electron chi connectivity index (χ4n) is 1.63. The molecule has 3 N–H and O–H groups in total. The Morgan fingerprint density at radius 2 is 2.05 bits per heavy atom. The lowest BCUT2D eigenvalue weighted by atomic mass is 10.2. The van der Waals surface area contributed by atoms with Crippen LogP contribution in [-0.2, 0) is 7.05 Å². The van der Waals surface area contributed by atoms with E-state index in [9.17, 15) is 4.79 Å². The van der Waals surface area contributed by atoms with Gasteiger partial charge in [-0.05, 0) is 24.3 Å². The lowest BCUT2D eigenvalue weighted by Gasteiger charge is -1.97. The monoisotopic (exact) mass is 270 g/mol. The highest BCUT2D eigenvalue weighted by molar-refractivity contribution is 5.94. The van der Waals surface area contributed by atoms with Crippen molar-refractivity contribution in [2.75, 3.05) is 7.11 Å². The summed E-state index contributed by atoms with van der Waals surface area (Å²) in [6, 6.07) is 7.32. The summed E-state index contributed by atoms with van der Waals surface area (Å²) in [7, 11) is 3.32. The van der Waals surface area contributed by atoms with E-state index in [-0.39, 0.29) is 5.69 Å². The number of nitrogens with one attached hydrogen (secondary N) is 1. The van der Waals surface area contributed by atoms with Gasteiger partial charge in [0.2, 0.25) is 0 Å². The highest BCUT2D eigenvalue weighted by Gasteiger charge is 2.13. The van der Waals surface area contributed by atoms with E-state index in [0.717, 1.165) is 11.3 Å². The molecule has 0 aliphatic heterocycles. The molecule has 6 heteroatoms. The number of ether oxygens (including phenoxy) is 1. The van der Waals surface area contributed by atoms with Crippen LogP contribution in [0.2, 0.25) is 0 Å². The van der Waals surface area contributed by atoms with Crippen molar-refractivity contribution in [1.82, 2.24) is 15.2 Å². The molecule has 0 aliphatic rings. The number of aryl methyl sites for hydroxylation is 1. The molecule has 1 heterocycles. The van der Waals surface area contributed by atoms with Gasteiger partial charge in [-0.25, -0.2) is 5.84 Å². The average molecular weight is 270 g/mol. The van der Waals surface area contributed by atoms with Gasteiger partial charge in [0.05, 0.1) is 12.7 Å². The molecular weight excluding hydrogens is 256 g/mol. The van der Waals surface area contributed by atoms with Crippen molar-refractivity contribution in [2.24, 2.45) is 12.9 Å². The molecule has 0 radical (unpaired) electrons. The maximum absolute atomic E-state index is 11.5. The molecule has 0 unspecified atom stereocenters. The molecule has 1 aromatic carbocycles. The predicted molar refractivity (Wildman–Crippen MR) is 73.8 cm³/mol.